The van der Waals surface area contributed by atoms with Crippen molar-refractivity contribution in [3.8, 4) is 5.75 Å². The average molecular weight is 643 g/mol. The van der Waals surface area contributed by atoms with Crippen LogP contribution in [0.5, 0.6) is 5.75 Å². The predicted octanol–water partition coefficient (Wildman–Crippen LogP) is 6.09. The van der Waals surface area contributed by atoms with Crippen LogP contribution in [0.2, 0.25) is 0 Å². The molecule has 1 fully saturated rings. The second kappa shape index (κ2) is 15.3. The number of thiocarbonyl (C=S) groups is 1. The molecule has 1 heterocycles. The van der Waals surface area contributed by atoms with Crippen molar-refractivity contribution in [2.75, 3.05) is 38.1 Å². The first-order valence-electron chi connectivity index (χ1n) is 15.1. The van der Waals surface area contributed by atoms with Gasteiger partial charge in [0.25, 0.3) is 5.91 Å². The Hall–Kier alpha value is -4.09. The number of nitrogens with zero attached hydrogens (tertiary/aromatic N) is 2. The van der Waals surface area contributed by atoms with E-state index in [1.54, 1.807) is 52.8 Å². The summed E-state index contributed by atoms with van der Waals surface area (Å²) in [6.45, 7) is 4.73. The van der Waals surface area contributed by atoms with Crippen molar-refractivity contribution in [2.24, 2.45) is 0 Å². The highest BCUT2D eigenvalue weighted by molar-refractivity contribution is 7.89. The number of hydrogen-bond acceptors (Lipinski definition) is 6. The fourth-order valence-corrected chi connectivity index (χ4v) is 6.95. The quantitative estimate of drug-likeness (QED) is 0.151. The number of carbonyl (C=O) groups is 1. The molecule has 8 nitrogen and oxygen atoms in total. The third kappa shape index (κ3) is 8.34. The fraction of sp³-hybridized carbons (Fsp3) is 0.257. The maximum atomic E-state index is 13.5. The first kappa shape index (κ1) is 32.3. The molecule has 0 atom stereocenters. The van der Waals surface area contributed by atoms with Crippen LogP contribution in [-0.2, 0) is 10.0 Å². The van der Waals surface area contributed by atoms with E-state index in [0.717, 1.165) is 12.8 Å². The van der Waals surface area contributed by atoms with Crippen molar-refractivity contribution in [2.45, 2.75) is 30.7 Å². The Morgan fingerprint density at radius 3 is 1.96 bits per heavy atom. The standard InChI is InChI=1S/C35H38N4O4S2/c1-2-3-26-43-31-18-14-29(15-19-31)34(40)37-35(44)36-30-16-20-32(21-17-30)45(41,42)39-24-22-38(23-25-39)33(27-10-6-4-7-11-27)28-12-8-5-9-13-28/h4-21,33H,2-3,22-26H2,1H3,(H2,36,37,40,44). The molecule has 1 aliphatic rings. The van der Waals surface area contributed by atoms with Gasteiger partial charge in [0.05, 0.1) is 17.5 Å². The van der Waals surface area contributed by atoms with Gasteiger partial charge in [-0.25, -0.2) is 8.42 Å². The monoisotopic (exact) mass is 642 g/mol. The Morgan fingerprint density at radius 1 is 0.822 bits per heavy atom. The van der Waals surface area contributed by atoms with Crippen molar-refractivity contribution in [3.05, 3.63) is 126 Å². The minimum Gasteiger partial charge on any atom is -0.494 e. The van der Waals surface area contributed by atoms with Crippen molar-refractivity contribution < 1.29 is 17.9 Å². The summed E-state index contributed by atoms with van der Waals surface area (Å²) in [6, 6.07) is 34.0. The van der Waals surface area contributed by atoms with Crippen molar-refractivity contribution >= 4 is 38.9 Å². The van der Waals surface area contributed by atoms with Gasteiger partial charge in [-0.3, -0.25) is 15.0 Å². The lowest BCUT2D eigenvalue weighted by atomic mass is 9.96. The average Bonchev–Trinajstić information content (AvgIpc) is 3.07. The second-order valence-electron chi connectivity index (χ2n) is 10.8. The number of anilines is 1. The first-order chi connectivity index (χ1) is 21.8. The van der Waals surface area contributed by atoms with E-state index < -0.39 is 10.0 Å². The third-order valence-electron chi connectivity index (χ3n) is 7.73. The molecule has 2 N–H and O–H groups in total. The Labute approximate surface area is 271 Å². The fourth-order valence-electron chi connectivity index (χ4n) is 5.32. The van der Waals surface area contributed by atoms with Crippen LogP contribution >= 0.6 is 12.2 Å². The molecule has 234 valence electrons. The highest BCUT2D eigenvalue weighted by Crippen LogP contribution is 2.30. The number of benzene rings is 4. The second-order valence-corrected chi connectivity index (χ2v) is 13.2. The van der Waals surface area contributed by atoms with Crippen LogP contribution in [0, 0.1) is 0 Å². The number of rotatable bonds is 11. The summed E-state index contributed by atoms with van der Waals surface area (Å²) >= 11 is 5.32. The van der Waals surface area contributed by atoms with Crippen molar-refractivity contribution in [1.29, 1.82) is 0 Å². The molecule has 4 aromatic carbocycles. The Balaban J connectivity index is 1.16. The van der Waals surface area contributed by atoms with Gasteiger partial charge in [0.1, 0.15) is 5.75 Å². The molecule has 1 saturated heterocycles. The zero-order valence-electron chi connectivity index (χ0n) is 25.3. The molecule has 1 aliphatic heterocycles. The van der Waals surface area contributed by atoms with Crippen LogP contribution < -0.4 is 15.4 Å². The van der Waals surface area contributed by atoms with E-state index in [0.29, 0.717) is 49.8 Å². The molecule has 5 rings (SSSR count). The van der Waals surface area contributed by atoms with E-state index in [2.05, 4.69) is 46.7 Å². The smallest absolute Gasteiger partial charge is 0.257 e. The van der Waals surface area contributed by atoms with Gasteiger partial charge in [-0.2, -0.15) is 4.31 Å². The normalized spacial score (nSPS) is 14.2. The number of hydrogen-bond donors (Lipinski definition) is 2. The highest BCUT2D eigenvalue weighted by Gasteiger charge is 2.32. The van der Waals surface area contributed by atoms with Crippen LogP contribution in [0.1, 0.15) is 47.3 Å². The zero-order chi connectivity index (χ0) is 31.6. The number of piperazine rings is 1. The van der Waals surface area contributed by atoms with Crippen molar-refractivity contribution in [1.82, 2.24) is 14.5 Å². The molecule has 0 spiro atoms. The predicted molar refractivity (Wildman–Crippen MR) is 182 cm³/mol. The summed E-state index contributed by atoms with van der Waals surface area (Å²) in [7, 11) is -3.69. The third-order valence-corrected chi connectivity index (χ3v) is 9.85. The first-order valence-corrected chi connectivity index (χ1v) is 17.0. The SMILES string of the molecule is CCCCOc1ccc(C(=O)NC(=S)Nc2ccc(S(=O)(=O)N3CCN(C(c4ccccc4)c4ccccc4)CC3)cc2)cc1. The summed E-state index contributed by atoms with van der Waals surface area (Å²) in [6.07, 6.45) is 2.02. The van der Waals surface area contributed by atoms with Gasteiger partial charge in [-0.15, -0.1) is 0 Å². The molecule has 45 heavy (non-hydrogen) atoms. The van der Waals surface area contributed by atoms with E-state index >= 15 is 0 Å². The number of amides is 1. The molecule has 1 amide bonds. The molecule has 0 unspecified atom stereocenters. The van der Waals surface area contributed by atoms with Crippen LogP contribution in [0.15, 0.2) is 114 Å². The Bertz CT molecular complexity index is 1620. The van der Waals surface area contributed by atoms with Gasteiger partial charge in [0, 0.05) is 37.4 Å². The van der Waals surface area contributed by atoms with Gasteiger partial charge in [-0.05, 0) is 78.3 Å². The zero-order valence-corrected chi connectivity index (χ0v) is 26.9. The number of ether oxygens (including phenoxy) is 1. The van der Waals surface area contributed by atoms with Crippen LogP contribution in [0.25, 0.3) is 0 Å². The molecular weight excluding hydrogens is 605 g/mol. The maximum absolute atomic E-state index is 13.5. The largest absolute Gasteiger partial charge is 0.494 e. The molecular formula is C35H38N4O4S2. The van der Waals surface area contributed by atoms with Crippen LogP contribution in [0.3, 0.4) is 0 Å². The minimum atomic E-state index is -3.69. The summed E-state index contributed by atoms with van der Waals surface area (Å²) in [5, 5.41) is 5.73. The molecule has 4 aromatic rings. The molecule has 10 heteroatoms. The number of unbranched alkanes of at least 4 members (excludes halogenated alkanes) is 1. The molecule has 0 aromatic heterocycles. The number of nitrogens with one attached hydrogen (secondary N) is 2. The lowest BCUT2D eigenvalue weighted by molar-refractivity contribution is 0.0977. The molecule has 0 radical (unpaired) electrons. The topological polar surface area (TPSA) is 91.0 Å². The van der Waals surface area contributed by atoms with Gasteiger partial charge >= 0.3 is 0 Å². The lowest BCUT2D eigenvalue weighted by Gasteiger charge is -2.39. The van der Waals surface area contributed by atoms with E-state index in [1.807, 2.05) is 36.4 Å². The van der Waals surface area contributed by atoms with E-state index in [4.69, 9.17) is 17.0 Å². The van der Waals surface area contributed by atoms with E-state index in [1.165, 1.54) is 11.1 Å². The van der Waals surface area contributed by atoms with Gasteiger partial charge in [-0.1, -0.05) is 74.0 Å². The Morgan fingerprint density at radius 2 is 1.40 bits per heavy atom. The maximum Gasteiger partial charge on any atom is 0.257 e. The van der Waals surface area contributed by atoms with Gasteiger partial charge < -0.3 is 10.1 Å². The number of carbonyl (C=O) groups excluding carboxylic acids is 1. The summed E-state index contributed by atoms with van der Waals surface area (Å²) < 4.78 is 34.3. The number of sulfonamides is 1. The lowest BCUT2D eigenvalue weighted by Crippen LogP contribution is -2.49. The summed E-state index contributed by atoms with van der Waals surface area (Å²) in [5.74, 6) is 0.355. The van der Waals surface area contributed by atoms with Crippen LogP contribution in [-0.4, -0.2) is 61.4 Å². The van der Waals surface area contributed by atoms with Gasteiger partial charge in [0.2, 0.25) is 10.0 Å². The molecule has 0 saturated carbocycles. The minimum absolute atomic E-state index is 0.0517. The van der Waals surface area contributed by atoms with Crippen LogP contribution in [0.4, 0.5) is 5.69 Å². The van der Waals surface area contributed by atoms with E-state index in [9.17, 15) is 13.2 Å². The summed E-state index contributed by atoms with van der Waals surface area (Å²) in [5.41, 5.74) is 3.38. The molecule has 0 bridgehead atoms. The van der Waals surface area contributed by atoms with Crippen molar-refractivity contribution in [3.63, 3.8) is 0 Å². The molecule has 0 aliphatic carbocycles. The highest BCUT2D eigenvalue weighted by atomic mass is 32.2. The van der Waals surface area contributed by atoms with Gasteiger partial charge in [0.15, 0.2) is 5.11 Å². The summed E-state index contributed by atoms with van der Waals surface area (Å²) in [4.78, 5) is 15.2. The van der Waals surface area contributed by atoms with E-state index in [-0.39, 0.29) is 22.0 Å². The Kier molecular flexibility index (Phi) is 11.0.